The summed E-state index contributed by atoms with van der Waals surface area (Å²) in [4.78, 5) is 6.95. The van der Waals surface area contributed by atoms with Gasteiger partial charge in [0.25, 0.3) is 0 Å². The minimum atomic E-state index is 0.387. The van der Waals surface area contributed by atoms with Crippen molar-refractivity contribution in [3.05, 3.63) is 23.4 Å². The van der Waals surface area contributed by atoms with Gasteiger partial charge < -0.3 is 10.2 Å². The molecule has 4 heteroatoms. The predicted molar refractivity (Wildman–Crippen MR) is 81.8 cm³/mol. The predicted octanol–water partition coefficient (Wildman–Crippen LogP) is 2.48. The fraction of sp³-hybridized carbons (Fsp3) is 0.625. The molecule has 1 unspecified atom stereocenters. The number of pyridine rings is 1. The smallest absolute Gasteiger partial charge is 0.130 e. The number of nitrogens with one attached hydrogen (secondary N) is 1. The van der Waals surface area contributed by atoms with Gasteiger partial charge in [0, 0.05) is 18.3 Å². The molecule has 0 radical (unpaired) electrons. The second kappa shape index (κ2) is 6.71. The topological polar surface area (TPSA) is 52.0 Å². The first-order chi connectivity index (χ1) is 9.60. The summed E-state index contributed by atoms with van der Waals surface area (Å²) in [5.41, 5.74) is 1.60. The van der Waals surface area contributed by atoms with E-state index in [9.17, 15) is 0 Å². The number of nitrogens with zero attached hydrogens (tertiary/aromatic N) is 3. The van der Waals surface area contributed by atoms with E-state index in [0.29, 0.717) is 17.5 Å². The minimum Gasteiger partial charge on any atom is -0.354 e. The molecule has 0 aromatic carbocycles. The Bertz CT molecular complexity index is 484. The van der Waals surface area contributed by atoms with Crippen LogP contribution in [0.1, 0.15) is 37.9 Å². The van der Waals surface area contributed by atoms with Gasteiger partial charge in [-0.15, -0.1) is 0 Å². The summed E-state index contributed by atoms with van der Waals surface area (Å²) in [6.07, 6.45) is 2.52. The van der Waals surface area contributed by atoms with Crippen LogP contribution < -0.4 is 10.2 Å². The lowest BCUT2D eigenvalue weighted by Gasteiger charge is -2.34. The molecule has 0 saturated carbocycles. The Labute approximate surface area is 121 Å². The van der Waals surface area contributed by atoms with Crippen LogP contribution in [0.5, 0.6) is 0 Å². The molecule has 1 saturated heterocycles. The van der Waals surface area contributed by atoms with Gasteiger partial charge in [0.15, 0.2) is 0 Å². The first-order valence-corrected chi connectivity index (χ1v) is 7.46. The van der Waals surface area contributed by atoms with E-state index in [-0.39, 0.29) is 0 Å². The normalized spacial score (nSPS) is 18.9. The maximum atomic E-state index is 9.12. The molecule has 0 spiro atoms. The Morgan fingerprint density at radius 1 is 1.50 bits per heavy atom. The first-order valence-electron chi connectivity index (χ1n) is 7.46. The zero-order chi connectivity index (χ0) is 14.5. The van der Waals surface area contributed by atoms with Gasteiger partial charge in [-0.05, 0) is 64.8 Å². The highest BCUT2D eigenvalue weighted by Crippen LogP contribution is 2.21. The van der Waals surface area contributed by atoms with Crippen LogP contribution in [0, 0.1) is 24.2 Å². The lowest BCUT2D eigenvalue weighted by atomic mass is 9.98. The van der Waals surface area contributed by atoms with Crippen LogP contribution in [0.3, 0.4) is 0 Å². The van der Waals surface area contributed by atoms with E-state index in [2.05, 4.69) is 35.1 Å². The van der Waals surface area contributed by atoms with Gasteiger partial charge in [-0.3, -0.25) is 0 Å². The Morgan fingerprint density at radius 2 is 2.30 bits per heavy atom. The number of piperidine rings is 1. The Balaban J connectivity index is 2.19. The van der Waals surface area contributed by atoms with Crippen molar-refractivity contribution < 1.29 is 0 Å². The summed E-state index contributed by atoms with van der Waals surface area (Å²) < 4.78 is 0. The second-order valence-electron chi connectivity index (χ2n) is 5.93. The Hall–Kier alpha value is -1.60. The average molecular weight is 272 g/mol. The van der Waals surface area contributed by atoms with Gasteiger partial charge in [0.05, 0.1) is 11.6 Å². The highest BCUT2D eigenvalue weighted by molar-refractivity contribution is 5.47. The maximum absolute atomic E-state index is 9.12. The van der Waals surface area contributed by atoms with Gasteiger partial charge in [-0.25, -0.2) is 4.98 Å². The quantitative estimate of drug-likeness (QED) is 0.915. The van der Waals surface area contributed by atoms with Gasteiger partial charge >= 0.3 is 0 Å². The molecular weight excluding hydrogens is 248 g/mol. The van der Waals surface area contributed by atoms with Gasteiger partial charge in [0.1, 0.15) is 5.82 Å². The molecule has 1 N–H and O–H groups in total. The minimum absolute atomic E-state index is 0.387. The van der Waals surface area contributed by atoms with E-state index in [1.54, 1.807) is 0 Å². The molecular formula is C16H24N4. The molecule has 1 aromatic rings. The number of aryl methyl sites for hydroxylation is 1. The van der Waals surface area contributed by atoms with E-state index < -0.39 is 0 Å². The maximum Gasteiger partial charge on any atom is 0.130 e. The molecule has 2 rings (SSSR count). The van der Waals surface area contributed by atoms with Crippen LogP contribution in [-0.2, 0) is 0 Å². The lowest BCUT2D eigenvalue weighted by molar-refractivity contribution is 0.370. The molecule has 1 aliphatic heterocycles. The van der Waals surface area contributed by atoms with Crippen LogP contribution in [0.4, 0.5) is 5.82 Å². The highest BCUT2D eigenvalue weighted by Gasteiger charge is 2.20. The molecule has 0 amide bonds. The molecule has 20 heavy (non-hydrogen) atoms. The van der Waals surface area contributed by atoms with Crippen molar-refractivity contribution in [2.75, 3.05) is 24.5 Å². The molecule has 1 aliphatic rings. The summed E-state index contributed by atoms with van der Waals surface area (Å²) in [5.74, 6) is 1.60. The van der Waals surface area contributed by atoms with E-state index >= 15 is 0 Å². The van der Waals surface area contributed by atoms with Crippen molar-refractivity contribution in [1.29, 1.82) is 5.26 Å². The summed E-state index contributed by atoms with van der Waals surface area (Å²) in [5, 5.41) is 12.6. The largest absolute Gasteiger partial charge is 0.354 e. The zero-order valence-corrected chi connectivity index (χ0v) is 12.7. The number of hydrogen-bond donors (Lipinski definition) is 1. The molecule has 1 aromatic heterocycles. The summed E-state index contributed by atoms with van der Waals surface area (Å²) in [7, 11) is 0. The molecule has 2 heterocycles. The molecule has 1 atom stereocenters. The van der Waals surface area contributed by atoms with Crippen LogP contribution in [0.15, 0.2) is 12.1 Å². The van der Waals surface area contributed by atoms with E-state index in [4.69, 9.17) is 5.26 Å². The third kappa shape index (κ3) is 3.71. The lowest BCUT2D eigenvalue weighted by Crippen LogP contribution is -2.41. The first kappa shape index (κ1) is 14.8. The van der Waals surface area contributed by atoms with Crippen molar-refractivity contribution in [3.63, 3.8) is 0 Å². The van der Waals surface area contributed by atoms with Crippen molar-refractivity contribution in [2.24, 2.45) is 5.92 Å². The summed E-state index contributed by atoms with van der Waals surface area (Å²) in [6, 6.07) is 6.36. The van der Waals surface area contributed by atoms with Crippen molar-refractivity contribution in [3.8, 4) is 6.07 Å². The molecule has 0 bridgehead atoms. The van der Waals surface area contributed by atoms with Crippen molar-refractivity contribution in [2.45, 2.75) is 39.7 Å². The Kier molecular flexibility index (Phi) is 4.97. The van der Waals surface area contributed by atoms with Gasteiger partial charge in [-0.1, -0.05) is 0 Å². The number of anilines is 1. The van der Waals surface area contributed by atoms with E-state index in [1.807, 2.05) is 19.1 Å². The van der Waals surface area contributed by atoms with Crippen LogP contribution in [-0.4, -0.2) is 30.7 Å². The SMILES string of the molecule is Cc1cc(C#N)cc(N(CC2CCCNC2)C(C)C)n1. The highest BCUT2D eigenvalue weighted by atomic mass is 15.2. The van der Waals surface area contributed by atoms with Gasteiger partial charge in [0.2, 0.25) is 0 Å². The third-order valence-electron chi connectivity index (χ3n) is 3.84. The van der Waals surface area contributed by atoms with E-state index in [0.717, 1.165) is 31.1 Å². The van der Waals surface area contributed by atoms with Crippen LogP contribution in [0.25, 0.3) is 0 Å². The standard InChI is InChI=1S/C16H24N4/c1-12(2)20(11-14-5-4-6-18-10-14)16-8-15(9-17)7-13(3)19-16/h7-8,12,14,18H,4-6,10-11H2,1-3H3. The van der Waals surface area contributed by atoms with E-state index in [1.165, 1.54) is 12.8 Å². The fourth-order valence-corrected chi connectivity index (χ4v) is 2.79. The zero-order valence-electron chi connectivity index (χ0n) is 12.7. The number of aromatic nitrogens is 1. The second-order valence-corrected chi connectivity index (χ2v) is 5.93. The average Bonchev–Trinajstić information content (AvgIpc) is 2.44. The summed E-state index contributed by atoms with van der Waals surface area (Å²) in [6.45, 7) is 9.55. The van der Waals surface area contributed by atoms with Gasteiger partial charge in [-0.2, -0.15) is 5.26 Å². The number of hydrogen-bond acceptors (Lipinski definition) is 4. The fourth-order valence-electron chi connectivity index (χ4n) is 2.79. The molecule has 0 aliphatic carbocycles. The third-order valence-corrected chi connectivity index (χ3v) is 3.84. The number of nitriles is 1. The monoisotopic (exact) mass is 272 g/mol. The molecule has 1 fully saturated rings. The van der Waals surface area contributed by atoms with Crippen LogP contribution >= 0.6 is 0 Å². The number of rotatable bonds is 4. The van der Waals surface area contributed by atoms with Crippen LogP contribution in [0.2, 0.25) is 0 Å². The van der Waals surface area contributed by atoms with Crippen molar-refractivity contribution >= 4 is 5.82 Å². The molecule has 108 valence electrons. The Morgan fingerprint density at radius 3 is 2.90 bits per heavy atom. The summed E-state index contributed by atoms with van der Waals surface area (Å²) >= 11 is 0. The van der Waals surface area contributed by atoms with Crippen molar-refractivity contribution in [1.82, 2.24) is 10.3 Å². The molecule has 4 nitrogen and oxygen atoms in total.